The third-order valence-corrected chi connectivity index (χ3v) is 3.93. The molecule has 0 atom stereocenters. The molecule has 1 aliphatic rings. The van der Waals surface area contributed by atoms with Crippen LogP contribution < -0.4 is 0 Å². The summed E-state index contributed by atoms with van der Waals surface area (Å²) >= 11 is 1.82. The number of aryl methyl sites for hydroxylation is 2. The van der Waals surface area contributed by atoms with E-state index < -0.39 is 0 Å². The quantitative estimate of drug-likeness (QED) is 0.718. The van der Waals surface area contributed by atoms with Crippen LogP contribution in [0.2, 0.25) is 0 Å². The predicted octanol–water partition coefficient (Wildman–Crippen LogP) is 3.57. The zero-order valence-electron chi connectivity index (χ0n) is 8.25. The van der Waals surface area contributed by atoms with Crippen molar-refractivity contribution in [2.75, 3.05) is 0 Å². The van der Waals surface area contributed by atoms with Crippen molar-refractivity contribution in [3.8, 4) is 0 Å². The van der Waals surface area contributed by atoms with Gasteiger partial charge in [0.15, 0.2) is 0 Å². The maximum absolute atomic E-state index is 4.49. The average Bonchev–Trinajstić information content (AvgIpc) is 2.71. The Morgan fingerprint density at radius 2 is 2.23 bits per heavy atom. The van der Waals surface area contributed by atoms with Crippen LogP contribution in [0.1, 0.15) is 42.8 Å². The first-order valence-electron chi connectivity index (χ1n) is 5.25. The second-order valence-electron chi connectivity index (χ2n) is 4.07. The summed E-state index contributed by atoms with van der Waals surface area (Å²) in [6, 6.07) is 0. The summed E-state index contributed by atoms with van der Waals surface area (Å²) in [4.78, 5) is 4.49. The minimum Gasteiger partial charge on any atom is -0.247 e. The molecule has 2 rings (SSSR count). The maximum Gasteiger partial charge on any atom is 0.0928 e. The van der Waals surface area contributed by atoms with Gasteiger partial charge in [0.2, 0.25) is 0 Å². The highest BCUT2D eigenvalue weighted by molar-refractivity contribution is 7.09. The summed E-state index contributed by atoms with van der Waals surface area (Å²) < 4.78 is 0. The van der Waals surface area contributed by atoms with Crippen molar-refractivity contribution in [1.29, 1.82) is 0 Å². The highest BCUT2D eigenvalue weighted by Crippen LogP contribution is 2.29. The van der Waals surface area contributed by atoms with Crippen LogP contribution in [0.25, 0.3) is 0 Å². The van der Waals surface area contributed by atoms with Crippen LogP contribution >= 0.6 is 11.3 Å². The van der Waals surface area contributed by atoms with E-state index in [0.29, 0.717) is 0 Å². The van der Waals surface area contributed by atoms with Crippen molar-refractivity contribution < 1.29 is 0 Å². The van der Waals surface area contributed by atoms with Gasteiger partial charge in [-0.2, -0.15) is 0 Å². The van der Waals surface area contributed by atoms with Crippen LogP contribution in [-0.2, 0) is 6.42 Å². The van der Waals surface area contributed by atoms with Crippen molar-refractivity contribution in [3.63, 3.8) is 0 Å². The molecule has 1 aromatic heterocycles. The highest BCUT2D eigenvalue weighted by atomic mass is 32.1. The van der Waals surface area contributed by atoms with Crippen LogP contribution in [0.3, 0.4) is 0 Å². The summed E-state index contributed by atoms with van der Waals surface area (Å²) in [6.07, 6.45) is 8.42. The lowest BCUT2D eigenvalue weighted by Crippen LogP contribution is -1.95. The van der Waals surface area contributed by atoms with E-state index in [2.05, 4.69) is 17.3 Å². The molecule has 0 spiro atoms. The third-order valence-electron chi connectivity index (χ3n) is 2.91. The van der Waals surface area contributed by atoms with Gasteiger partial charge >= 0.3 is 0 Å². The Morgan fingerprint density at radius 3 is 2.85 bits per heavy atom. The first-order chi connectivity index (χ1) is 6.34. The predicted molar refractivity (Wildman–Crippen MR) is 57.1 cm³/mol. The standard InChI is InChI=1S/C11H17NS/c1-9-8-13-11(12-9)7-6-10-4-2-3-5-10/h8,10H,2-7H2,1H3. The minimum absolute atomic E-state index is 1.00. The summed E-state index contributed by atoms with van der Waals surface area (Å²) in [7, 11) is 0. The van der Waals surface area contributed by atoms with Crippen molar-refractivity contribution >= 4 is 11.3 Å². The summed E-state index contributed by atoms with van der Waals surface area (Å²) in [5.74, 6) is 1.00. The minimum atomic E-state index is 1.00. The van der Waals surface area contributed by atoms with Gasteiger partial charge in [0.25, 0.3) is 0 Å². The van der Waals surface area contributed by atoms with Gasteiger partial charge in [-0.1, -0.05) is 25.7 Å². The van der Waals surface area contributed by atoms with E-state index >= 15 is 0 Å². The van der Waals surface area contributed by atoms with E-state index in [-0.39, 0.29) is 0 Å². The molecule has 13 heavy (non-hydrogen) atoms. The molecule has 1 aliphatic carbocycles. The SMILES string of the molecule is Cc1csc(CCC2CCCC2)n1. The van der Waals surface area contributed by atoms with E-state index in [1.807, 2.05) is 11.3 Å². The summed E-state index contributed by atoms with van der Waals surface area (Å²) in [5, 5.41) is 3.49. The Hall–Kier alpha value is -0.370. The molecule has 0 bridgehead atoms. The second kappa shape index (κ2) is 4.23. The lowest BCUT2D eigenvalue weighted by Gasteiger charge is -2.05. The molecular weight excluding hydrogens is 178 g/mol. The largest absolute Gasteiger partial charge is 0.247 e. The van der Waals surface area contributed by atoms with Gasteiger partial charge in [-0.25, -0.2) is 4.98 Å². The Kier molecular flexibility index (Phi) is 2.99. The van der Waals surface area contributed by atoms with Gasteiger partial charge in [0.05, 0.1) is 5.01 Å². The fourth-order valence-corrected chi connectivity index (χ4v) is 2.94. The molecule has 0 aliphatic heterocycles. The Morgan fingerprint density at radius 1 is 1.46 bits per heavy atom. The van der Waals surface area contributed by atoms with Crippen molar-refractivity contribution in [2.24, 2.45) is 5.92 Å². The van der Waals surface area contributed by atoms with Crippen molar-refractivity contribution in [2.45, 2.75) is 45.4 Å². The first kappa shape index (κ1) is 9.20. The molecule has 0 aromatic carbocycles. The lowest BCUT2D eigenvalue weighted by atomic mass is 10.0. The molecule has 0 saturated heterocycles. The third kappa shape index (κ3) is 2.53. The summed E-state index contributed by atoms with van der Waals surface area (Å²) in [5.41, 5.74) is 1.19. The van der Waals surface area contributed by atoms with Gasteiger partial charge in [-0.3, -0.25) is 0 Å². The fourth-order valence-electron chi connectivity index (χ4n) is 2.14. The molecule has 0 unspecified atom stereocenters. The van der Waals surface area contributed by atoms with Crippen LogP contribution in [-0.4, -0.2) is 4.98 Å². The van der Waals surface area contributed by atoms with E-state index in [4.69, 9.17) is 0 Å². The number of aromatic nitrogens is 1. The van der Waals surface area contributed by atoms with Gasteiger partial charge in [0, 0.05) is 11.1 Å². The van der Waals surface area contributed by atoms with E-state index in [1.54, 1.807) is 0 Å². The first-order valence-corrected chi connectivity index (χ1v) is 6.13. The number of thiazole rings is 1. The molecule has 0 radical (unpaired) electrons. The molecule has 0 N–H and O–H groups in total. The van der Waals surface area contributed by atoms with E-state index in [9.17, 15) is 0 Å². The normalized spacial score (nSPS) is 18.2. The van der Waals surface area contributed by atoms with Gasteiger partial charge in [-0.15, -0.1) is 11.3 Å². The molecule has 1 nitrogen and oxygen atoms in total. The topological polar surface area (TPSA) is 12.9 Å². The Bertz CT molecular complexity index is 261. The fraction of sp³-hybridized carbons (Fsp3) is 0.727. The molecule has 72 valence electrons. The number of nitrogens with zero attached hydrogens (tertiary/aromatic N) is 1. The maximum atomic E-state index is 4.49. The smallest absolute Gasteiger partial charge is 0.0928 e. The zero-order valence-corrected chi connectivity index (χ0v) is 9.07. The van der Waals surface area contributed by atoms with Gasteiger partial charge in [-0.05, 0) is 25.7 Å². The molecular formula is C11H17NS. The van der Waals surface area contributed by atoms with Crippen LogP contribution in [0.15, 0.2) is 5.38 Å². The van der Waals surface area contributed by atoms with Crippen molar-refractivity contribution in [3.05, 3.63) is 16.1 Å². The molecule has 1 fully saturated rings. The van der Waals surface area contributed by atoms with Crippen LogP contribution in [0.4, 0.5) is 0 Å². The lowest BCUT2D eigenvalue weighted by molar-refractivity contribution is 0.503. The van der Waals surface area contributed by atoms with Gasteiger partial charge in [0.1, 0.15) is 0 Å². The number of rotatable bonds is 3. The molecule has 1 aromatic rings. The molecule has 0 amide bonds. The molecule has 2 heteroatoms. The second-order valence-corrected chi connectivity index (χ2v) is 5.01. The number of hydrogen-bond acceptors (Lipinski definition) is 2. The monoisotopic (exact) mass is 195 g/mol. The molecule has 1 saturated carbocycles. The van der Waals surface area contributed by atoms with Gasteiger partial charge < -0.3 is 0 Å². The Balaban J connectivity index is 1.78. The van der Waals surface area contributed by atoms with E-state index in [1.165, 1.54) is 49.2 Å². The zero-order chi connectivity index (χ0) is 9.10. The van der Waals surface area contributed by atoms with Crippen molar-refractivity contribution in [1.82, 2.24) is 4.98 Å². The van der Waals surface area contributed by atoms with Crippen LogP contribution in [0.5, 0.6) is 0 Å². The summed E-state index contributed by atoms with van der Waals surface area (Å²) in [6.45, 7) is 2.08. The molecule has 1 heterocycles. The van der Waals surface area contributed by atoms with Crippen LogP contribution in [0, 0.1) is 12.8 Å². The Labute approximate surface area is 84.2 Å². The van der Waals surface area contributed by atoms with E-state index in [0.717, 1.165) is 5.92 Å². The average molecular weight is 195 g/mol. The number of hydrogen-bond donors (Lipinski definition) is 0. The highest BCUT2D eigenvalue weighted by Gasteiger charge is 2.14.